The SMILES string of the molecule is COc1ccc(C(=O)N2CCC[C@@H](C(=O)N3CCO[C@@H](C)C3)C2)c2ccccc12. The first kappa shape index (κ1) is 19.7. The summed E-state index contributed by atoms with van der Waals surface area (Å²) in [6.07, 6.45) is 1.74. The normalized spacial score (nSPS) is 22.6. The summed E-state index contributed by atoms with van der Waals surface area (Å²) in [5.74, 6) is 0.752. The number of carbonyl (C=O) groups is 2. The van der Waals surface area contributed by atoms with Crippen molar-refractivity contribution in [2.24, 2.45) is 5.92 Å². The standard InChI is InChI=1S/C23H28N2O4/c1-16-14-25(12-13-29-16)22(26)17-6-5-11-24(15-17)23(27)20-9-10-21(28-2)19-8-4-3-7-18(19)20/h3-4,7-10,16-17H,5-6,11-15H2,1-2H3/t16-,17+/m0/s1. The van der Waals surface area contributed by atoms with Gasteiger partial charge in [-0.15, -0.1) is 0 Å². The summed E-state index contributed by atoms with van der Waals surface area (Å²) >= 11 is 0. The van der Waals surface area contributed by atoms with Crippen LogP contribution in [0.15, 0.2) is 36.4 Å². The first-order valence-corrected chi connectivity index (χ1v) is 10.3. The first-order chi connectivity index (χ1) is 14.1. The maximum atomic E-state index is 13.4. The van der Waals surface area contributed by atoms with Gasteiger partial charge in [0.1, 0.15) is 5.75 Å². The third-order valence-corrected chi connectivity index (χ3v) is 5.94. The number of carbonyl (C=O) groups excluding carboxylic acids is 2. The summed E-state index contributed by atoms with van der Waals surface area (Å²) in [5, 5.41) is 1.81. The first-order valence-electron chi connectivity index (χ1n) is 10.3. The molecule has 2 aliphatic rings. The molecule has 0 aromatic heterocycles. The van der Waals surface area contributed by atoms with Gasteiger partial charge in [0.15, 0.2) is 0 Å². The monoisotopic (exact) mass is 396 g/mol. The molecule has 6 heteroatoms. The van der Waals surface area contributed by atoms with Crippen LogP contribution in [0.5, 0.6) is 5.75 Å². The van der Waals surface area contributed by atoms with Crippen LogP contribution in [0.4, 0.5) is 0 Å². The van der Waals surface area contributed by atoms with Crippen molar-refractivity contribution in [2.75, 3.05) is 39.9 Å². The molecule has 6 nitrogen and oxygen atoms in total. The van der Waals surface area contributed by atoms with Crippen molar-refractivity contribution in [3.05, 3.63) is 42.0 Å². The number of amides is 2. The molecule has 4 rings (SSSR count). The number of rotatable bonds is 3. The van der Waals surface area contributed by atoms with Crippen molar-refractivity contribution < 1.29 is 19.1 Å². The minimum absolute atomic E-state index is 0.0169. The lowest BCUT2D eigenvalue weighted by Gasteiger charge is -2.37. The Morgan fingerprint density at radius 2 is 1.83 bits per heavy atom. The van der Waals surface area contributed by atoms with Gasteiger partial charge in [0.25, 0.3) is 5.91 Å². The van der Waals surface area contributed by atoms with E-state index in [-0.39, 0.29) is 23.8 Å². The van der Waals surface area contributed by atoms with Crippen molar-refractivity contribution in [2.45, 2.75) is 25.9 Å². The number of hydrogen-bond donors (Lipinski definition) is 0. The Morgan fingerprint density at radius 3 is 2.59 bits per heavy atom. The highest BCUT2D eigenvalue weighted by molar-refractivity contribution is 6.08. The molecule has 2 fully saturated rings. The molecule has 2 aliphatic heterocycles. The largest absolute Gasteiger partial charge is 0.496 e. The second-order valence-corrected chi connectivity index (χ2v) is 7.92. The van der Waals surface area contributed by atoms with E-state index in [0.717, 1.165) is 29.4 Å². The maximum absolute atomic E-state index is 13.4. The lowest BCUT2D eigenvalue weighted by Crippen LogP contribution is -2.51. The zero-order valence-corrected chi connectivity index (χ0v) is 17.1. The average Bonchev–Trinajstić information content (AvgIpc) is 2.77. The quantitative estimate of drug-likeness (QED) is 0.800. The van der Waals surface area contributed by atoms with E-state index < -0.39 is 0 Å². The van der Waals surface area contributed by atoms with E-state index in [1.807, 2.05) is 53.1 Å². The van der Waals surface area contributed by atoms with E-state index in [2.05, 4.69) is 0 Å². The smallest absolute Gasteiger partial charge is 0.254 e. The van der Waals surface area contributed by atoms with Crippen LogP contribution in [0.2, 0.25) is 0 Å². The Bertz CT molecular complexity index is 913. The number of morpholine rings is 1. The Morgan fingerprint density at radius 1 is 1.03 bits per heavy atom. The number of methoxy groups -OCH3 is 1. The third-order valence-electron chi connectivity index (χ3n) is 5.94. The molecular weight excluding hydrogens is 368 g/mol. The highest BCUT2D eigenvalue weighted by Crippen LogP contribution is 2.30. The highest BCUT2D eigenvalue weighted by Gasteiger charge is 2.33. The van der Waals surface area contributed by atoms with E-state index in [0.29, 0.717) is 38.3 Å². The fraction of sp³-hybridized carbons (Fsp3) is 0.478. The molecule has 154 valence electrons. The van der Waals surface area contributed by atoms with Crippen LogP contribution in [0, 0.1) is 5.92 Å². The Hall–Kier alpha value is -2.60. The van der Waals surface area contributed by atoms with E-state index in [1.54, 1.807) is 7.11 Å². The summed E-state index contributed by atoms with van der Waals surface area (Å²) in [6, 6.07) is 11.5. The van der Waals surface area contributed by atoms with Crippen LogP contribution in [-0.2, 0) is 9.53 Å². The van der Waals surface area contributed by atoms with Gasteiger partial charge in [-0.1, -0.05) is 24.3 Å². The fourth-order valence-electron chi connectivity index (χ4n) is 4.45. The Balaban J connectivity index is 1.54. The molecule has 2 atom stereocenters. The summed E-state index contributed by atoms with van der Waals surface area (Å²) in [5.41, 5.74) is 0.662. The molecule has 0 spiro atoms. The topological polar surface area (TPSA) is 59.1 Å². The molecular formula is C23H28N2O4. The molecule has 0 unspecified atom stereocenters. The molecule has 2 amide bonds. The van der Waals surface area contributed by atoms with Crippen molar-refractivity contribution in [1.29, 1.82) is 0 Å². The van der Waals surface area contributed by atoms with Crippen LogP contribution >= 0.6 is 0 Å². The van der Waals surface area contributed by atoms with Crippen molar-refractivity contribution in [1.82, 2.24) is 9.80 Å². The van der Waals surface area contributed by atoms with Gasteiger partial charge in [0.2, 0.25) is 5.91 Å². The number of nitrogens with zero attached hydrogens (tertiary/aromatic N) is 2. The lowest BCUT2D eigenvalue weighted by molar-refractivity contribution is -0.143. The number of ether oxygens (including phenoxy) is 2. The summed E-state index contributed by atoms with van der Waals surface area (Å²) in [6.45, 7) is 5.00. The summed E-state index contributed by atoms with van der Waals surface area (Å²) in [4.78, 5) is 30.1. The van der Waals surface area contributed by atoms with Crippen molar-refractivity contribution in [3.63, 3.8) is 0 Å². The van der Waals surface area contributed by atoms with E-state index in [1.165, 1.54) is 0 Å². The predicted octanol–water partition coefficient (Wildman–Crippen LogP) is 2.95. The molecule has 0 radical (unpaired) electrons. The van der Waals surface area contributed by atoms with Gasteiger partial charge in [-0.2, -0.15) is 0 Å². The maximum Gasteiger partial charge on any atom is 0.254 e. The molecule has 2 aromatic carbocycles. The molecule has 2 saturated heterocycles. The predicted molar refractivity (Wildman–Crippen MR) is 111 cm³/mol. The van der Waals surface area contributed by atoms with Crippen LogP contribution in [0.1, 0.15) is 30.1 Å². The number of likely N-dealkylation sites (tertiary alicyclic amines) is 1. The van der Waals surface area contributed by atoms with Crippen LogP contribution in [0.25, 0.3) is 10.8 Å². The van der Waals surface area contributed by atoms with E-state index >= 15 is 0 Å². The number of benzene rings is 2. The van der Waals surface area contributed by atoms with E-state index in [4.69, 9.17) is 9.47 Å². The fourth-order valence-corrected chi connectivity index (χ4v) is 4.45. The van der Waals surface area contributed by atoms with Crippen molar-refractivity contribution in [3.8, 4) is 5.75 Å². The molecule has 2 heterocycles. The minimum atomic E-state index is -0.137. The number of hydrogen-bond acceptors (Lipinski definition) is 4. The van der Waals surface area contributed by atoms with Gasteiger partial charge < -0.3 is 19.3 Å². The van der Waals surface area contributed by atoms with Crippen molar-refractivity contribution >= 4 is 22.6 Å². The second-order valence-electron chi connectivity index (χ2n) is 7.92. The molecule has 0 bridgehead atoms. The molecule has 0 saturated carbocycles. The molecule has 0 N–H and O–H groups in total. The van der Waals surface area contributed by atoms with Gasteiger partial charge in [0, 0.05) is 37.1 Å². The van der Waals surface area contributed by atoms with Gasteiger partial charge in [-0.3, -0.25) is 9.59 Å². The lowest BCUT2D eigenvalue weighted by atomic mass is 9.94. The summed E-state index contributed by atoms with van der Waals surface area (Å²) in [7, 11) is 1.64. The van der Waals surface area contributed by atoms with E-state index in [9.17, 15) is 9.59 Å². The molecule has 29 heavy (non-hydrogen) atoms. The zero-order chi connectivity index (χ0) is 20.4. The van der Waals surface area contributed by atoms with Gasteiger partial charge in [-0.25, -0.2) is 0 Å². The Kier molecular flexibility index (Phi) is 5.72. The van der Waals surface area contributed by atoms with Gasteiger partial charge >= 0.3 is 0 Å². The van der Waals surface area contributed by atoms with Crippen LogP contribution in [0.3, 0.4) is 0 Å². The second kappa shape index (κ2) is 8.41. The third kappa shape index (κ3) is 3.94. The number of piperidine rings is 1. The average molecular weight is 396 g/mol. The molecule has 0 aliphatic carbocycles. The van der Waals surface area contributed by atoms with Gasteiger partial charge in [0.05, 0.1) is 25.7 Å². The summed E-state index contributed by atoms with van der Waals surface area (Å²) < 4.78 is 11.0. The highest BCUT2D eigenvalue weighted by atomic mass is 16.5. The zero-order valence-electron chi connectivity index (χ0n) is 17.1. The molecule has 2 aromatic rings. The Labute approximate surface area is 171 Å². The minimum Gasteiger partial charge on any atom is -0.496 e. The van der Waals surface area contributed by atoms with Crippen LogP contribution < -0.4 is 4.74 Å². The number of fused-ring (bicyclic) bond motifs is 1. The van der Waals surface area contributed by atoms with Gasteiger partial charge in [-0.05, 0) is 37.3 Å². The van der Waals surface area contributed by atoms with Crippen LogP contribution in [-0.4, -0.2) is 67.6 Å².